The van der Waals surface area contributed by atoms with Crippen molar-refractivity contribution < 1.29 is 9.59 Å². The smallest absolute Gasteiger partial charge is 0.235 e. The summed E-state index contributed by atoms with van der Waals surface area (Å²) in [4.78, 5) is 26.5. The molecule has 0 saturated carbocycles. The van der Waals surface area contributed by atoms with Gasteiger partial charge in [-0.15, -0.1) is 10.2 Å². The Bertz CT molecular complexity index is 981. The fourth-order valence-corrected chi connectivity index (χ4v) is 3.53. The number of carbonyl (C=O) groups excluding carboxylic acids is 2. The van der Waals surface area contributed by atoms with Gasteiger partial charge in [-0.3, -0.25) is 19.3 Å². The van der Waals surface area contributed by atoms with Crippen molar-refractivity contribution in [1.82, 2.24) is 19.5 Å². The molecule has 0 spiro atoms. The van der Waals surface area contributed by atoms with Gasteiger partial charge in [0, 0.05) is 19.7 Å². The Labute approximate surface area is 150 Å². The third-order valence-corrected chi connectivity index (χ3v) is 4.76. The molecule has 7 heteroatoms. The van der Waals surface area contributed by atoms with Crippen molar-refractivity contribution in [3.63, 3.8) is 0 Å². The molecule has 4 rings (SSSR count). The molecule has 1 aromatic carbocycles. The summed E-state index contributed by atoms with van der Waals surface area (Å²) in [7, 11) is 0. The zero-order valence-corrected chi connectivity index (χ0v) is 14.4. The molecule has 1 atom stereocenters. The highest BCUT2D eigenvalue weighted by Gasteiger charge is 2.30. The number of nitrogens with zero attached hydrogens (tertiary/aromatic N) is 4. The van der Waals surface area contributed by atoms with Gasteiger partial charge in [0.1, 0.15) is 0 Å². The predicted octanol–water partition coefficient (Wildman–Crippen LogP) is 2.20. The van der Waals surface area contributed by atoms with Gasteiger partial charge in [0.05, 0.1) is 12.5 Å². The first-order valence-electron chi connectivity index (χ1n) is 8.58. The van der Waals surface area contributed by atoms with Gasteiger partial charge < -0.3 is 4.90 Å². The van der Waals surface area contributed by atoms with E-state index in [1.54, 1.807) is 22.4 Å². The lowest BCUT2D eigenvalue weighted by Crippen LogP contribution is -2.40. The van der Waals surface area contributed by atoms with E-state index in [1.807, 2.05) is 36.4 Å². The molecular weight excluding hydrogens is 330 g/mol. The number of amides is 2. The van der Waals surface area contributed by atoms with E-state index < -0.39 is 0 Å². The number of benzene rings is 1. The van der Waals surface area contributed by atoms with E-state index >= 15 is 0 Å². The minimum atomic E-state index is -0.267. The van der Waals surface area contributed by atoms with Crippen LogP contribution in [0, 0.1) is 0 Å². The lowest BCUT2D eigenvalue weighted by atomic mass is 9.90. The molecule has 0 saturated heterocycles. The van der Waals surface area contributed by atoms with Crippen molar-refractivity contribution in [3.05, 3.63) is 59.8 Å². The number of nitrogens with one attached hydrogen (secondary N) is 1. The number of pyridine rings is 1. The van der Waals surface area contributed by atoms with Gasteiger partial charge >= 0.3 is 0 Å². The number of hydrogen-bond donors (Lipinski definition) is 1. The summed E-state index contributed by atoms with van der Waals surface area (Å²) in [5, 5.41) is 10.9. The molecule has 1 aliphatic rings. The molecule has 2 aromatic heterocycles. The Balaban J connectivity index is 1.58. The molecule has 0 bridgehead atoms. The number of aromatic nitrogens is 3. The second-order valence-electron chi connectivity index (χ2n) is 6.38. The largest absolute Gasteiger partial charge is 0.335 e. The maximum Gasteiger partial charge on any atom is 0.235 e. The van der Waals surface area contributed by atoms with E-state index in [0.29, 0.717) is 18.1 Å². The molecule has 1 aliphatic heterocycles. The highest BCUT2D eigenvalue weighted by atomic mass is 16.2. The molecule has 1 N–H and O–H groups in total. The summed E-state index contributed by atoms with van der Waals surface area (Å²) in [6, 6.07) is 13.2. The Morgan fingerprint density at radius 1 is 1.15 bits per heavy atom. The molecule has 0 radical (unpaired) electrons. The average molecular weight is 349 g/mol. The molecule has 26 heavy (non-hydrogen) atoms. The zero-order valence-electron chi connectivity index (χ0n) is 14.4. The van der Waals surface area contributed by atoms with Crippen LogP contribution in [0.15, 0.2) is 48.7 Å². The van der Waals surface area contributed by atoms with Gasteiger partial charge in [0.2, 0.25) is 17.8 Å². The van der Waals surface area contributed by atoms with Crippen LogP contribution in [0.3, 0.4) is 0 Å². The molecule has 7 nitrogen and oxygen atoms in total. The van der Waals surface area contributed by atoms with Crippen LogP contribution in [-0.2, 0) is 16.0 Å². The normalized spacial score (nSPS) is 16.3. The van der Waals surface area contributed by atoms with Crippen LogP contribution in [0.1, 0.15) is 30.5 Å². The Morgan fingerprint density at radius 3 is 2.81 bits per heavy atom. The minimum absolute atomic E-state index is 0.0229. The van der Waals surface area contributed by atoms with Crippen LogP contribution in [0.4, 0.5) is 5.95 Å². The number of carbonyl (C=O) groups is 2. The van der Waals surface area contributed by atoms with Crippen LogP contribution in [-0.4, -0.2) is 37.9 Å². The highest BCUT2D eigenvalue weighted by Crippen LogP contribution is 2.32. The molecule has 0 fully saturated rings. The topological polar surface area (TPSA) is 79.6 Å². The van der Waals surface area contributed by atoms with Crippen molar-refractivity contribution in [2.24, 2.45) is 0 Å². The SMILES string of the molecule is CC(=O)N1CCc2ccccc2C1CC(=O)Nc1nnc2ccccn12. The third kappa shape index (κ3) is 2.92. The van der Waals surface area contributed by atoms with Crippen molar-refractivity contribution in [2.45, 2.75) is 25.8 Å². The lowest BCUT2D eigenvalue weighted by Gasteiger charge is -2.36. The van der Waals surface area contributed by atoms with Gasteiger partial charge in [-0.05, 0) is 29.7 Å². The molecule has 0 aliphatic carbocycles. The van der Waals surface area contributed by atoms with E-state index in [0.717, 1.165) is 12.0 Å². The summed E-state index contributed by atoms with van der Waals surface area (Å²) < 4.78 is 1.72. The summed E-state index contributed by atoms with van der Waals surface area (Å²) >= 11 is 0. The molecule has 2 amide bonds. The number of anilines is 1. The average Bonchev–Trinajstić information content (AvgIpc) is 3.04. The first-order chi connectivity index (χ1) is 12.6. The summed E-state index contributed by atoms with van der Waals surface area (Å²) in [6.07, 6.45) is 2.78. The number of rotatable bonds is 3. The number of fused-ring (bicyclic) bond motifs is 2. The van der Waals surface area contributed by atoms with Crippen molar-refractivity contribution in [2.75, 3.05) is 11.9 Å². The minimum Gasteiger partial charge on any atom is -0.335 e. The number of hydrogen-bond acceptors (Lipinski definition) is 4. The fraction of sp³-hybridized carbons (Fsp3) is 0.263. The van der Waals surface area contributed by atoms with Crippen LogP contribution < -0.4 is 5.32 Å². The first-order valence-corrected chi connectivity index (χ1v) is 8.58. The Kier molecular flexibility index (Phi) is 4.12. The summed E-state index contributed by atoms with van der Waals surface area (Å²) in [5.41, 5.74) is 2.89. The quantitative estimate of drug-likeness (QED) is 0.786. The van der Waals surface area contributed by atoms with E-state index in [2.05, 4.69) is 21.6 Å². The van der Waals surface area contributed by atoms with Gasteiger partial charge in [-0.25, -0.2) is 0 Å². The molecule has 132 valence electrons. The van der Waals surface area contributed by atoms with Crippen molar-refractivity contribution in [3.8, 4) is 0 Å². The summed E-state index contributed by atoms with van der Waals surface area (Å²) in [5.74, 6) is 0.158. The van der Waals surface area contributed by atoms with Gasteiger partial charge in [-0.1, -0.05) is 30.3 Å². The Hall–Kier alpha value is -3.22. The van der Waals surface area contributed by atoms with E-state index in [1.165, 1.54) is 5.56 Å². The van der Waals surface area contributed by atoms with Crippen molar-refractivity contribution >= 4 is 23.4 Å². The maximum atomic E-state index is 12.7. The molecular formula is C19H19N5O2. The predicted molar refractivity (Wildman–Crippen MR) is 96.5 cm³/mol. The summed E-state index contributed by atoms with van der Waals surface area (Å²) in [6.45, 7) is 2.17. The second kappa shape index (κ2) is 6.59. The van der Waals surface area contributed by atoms with Gasteiger partial charge in [0.15, 0.2) is 5.65 Å². The molecule has 3 aromatic rings. The van der Waals surface area contributed by atoms with E-state index in [4.69, 9.17) is 0 Å². The fourth-order valence-electron chi connectivity index (χ4n) is 3.53. The maximum absolute atomic E-state index is 12.7. The Morgan fingerprint density at radius 2 is 1.96 bits per heavy atom. The van der Waals surface area contributed by atoms with Gasteiger partial charge in [-0.2, -0.15) is 0 Å². The van der Waals surface area contributed by atoms with Crippen LogP contribution in [0.5, 0.6) is 0 Å². The first kappa shape index (κ1) is 16.3. The van der Waals surface area contributed by atoms with E-state index in [9.17, 15) is 9.59 Å². The lowest BCUT2D eigenvalue weighted by molar-refractivity contribution is -0.132. The van der Waals surface area contributed by atoms with Crippen LogP contribution in [0.2, 0.25) is 0 Å². The monoisotopic (exact) mass is 349 g/mol. The van der Waals surface area contributed by atoms with Crippen molar-refractivity contribution in [1.29, 1.82) is 0 Å². The van der Waals surface area contributed by atoms with Crippen LogP contribution >= 0.6 is 0 Å². The second-order valence-corrected chi connectivity index (χ2v) is 6.38. The van der Waals surface area contributed by atoms with Crippen LogP contribution in [0.25, 0.3) is 5.65 Å². The van der Waals surface area contributed by atoms with E-state index in [-0.39, 0.29) is 24.3 Å². The zero-order chi connectivity index (χ0) is 18.1. The molecule has 3 heterocycles. The highest BCUT2D eigenvalue weighted by molar-refractivity contribution is 5.90. The van der Waals surface area contributed by atoms with Gasteiger partial charge in [0.25, 0.3) is 0 Å². The molecule has 1 unspecified atom stereocenters. The third-order valence-electron chi connectivity index (χ3n) is 4.76. The standard InChI is InChI=1S/C19H19N5O2/c1-13(25)23-11-9-14-6-2-3-7-15(14)16(23)12-18(26)20-19-22-21-17-8-4-5-10-24(17)19/h2-8,10,16H,9,11-12H2,1H3,(H,20,22,26).